The smallest absolute Gasteiger partial charge is 0.335 e. The van der Waals surface area contributed by atoms with Crippen LogP contribution in [0.5, 0.6) is 5.75 Å². The molecule has 1 atom stereocenters. The van der Waals surface area contributed by atoms with Crippen LogP contribution in [0.4, 0.5) is 0 Å². The molecule has 8 heteroatoms. The number of aromatic carboxylic acids is 1. The number of aliphatic hydroxyl groups excluding tert-OH is 1. The molecule has 1 aliphatic rings. The molecule has 2 N–H and O–H groups in total. The molecule has 21 heavy (non-hydrogen) atoms. The summed E-state index contributed by atoms with van der Waals surface area (Å²) in [5.41, 5.74) is -0.118. The van der Waals surface area contributed by atoms with Crippen molar-refractivity contribution in [2.24, 2.45) is 5.92 Å². The van der Waals surface area contributed by atoms with Gasteiger partial charge in [0.1, 0.15) is 10.6 Å². The Balaban J connectivity index is 2.43. The van der Waals surface area contributed by atoms with Crippen molar-refractivity contribution in [3.8, 4) is 5.75 Å². The number of rotatable bonds is 5. The predicted octanol–water partition coefficient (Wildman–Crippen LogP) is 0.396. The topological polar surface area (TPSA) is 104 Å². The summed E-state index contributed by atoms with van der Waals surface area (Å²) in [6, 6.07) is 3.72. The molecule has 2 rings (SSSR count). The summed E-state index contributed by atoms with van der Waals surface area (Å²) in [5.74, 6) is -1.19. The van der Waals surface area contributed by atoms with Crippen molar-refractivity contribution in [3.05, 3.63) is 23.8 Å². The van der Waals surface area contributed by atoms with Crippen LogP contribution in [-0.4, -0.2) is 55.7 Å². The van der Waals surface area contributed by atoms with E-state index in [4.69, 9.17) is 14.9 Å². The predicted molar refractivity (Wildman–Crippen MR) is 73.9 cm³/mol. The van der Waals surface area contributed by atoms with Gasteiger partial charge in [0.15, 0.2) is 0 Å². The summed E-state index contributed by atoms with van der Waals surface area (Å²) in [6.07, 6.45) is 0.580. The second kappa shape index (κ2) is 6.00. The zero-order chi connectivity index (χ0) is 15.6. The van der Waals surface area contributed by atoms with Crippen LogP contribution in [0.3, 0.4) is 0 Å². The zero-order valence-corrected chi connectivity index (χ0v) is 12.3. The van der Waals surface area contributed by atoms with E-state index in [0.717, 1.165) is 6.07 Å². The van der Waals surface area contributed by atoms with Crippen molar-refractivity contribution in [3.63, 3.8) is 0 Å². The first-order chi connectivity index (χ1) is 9.90. The van der Waals surface area contributed by atoms with E-state index >= 15 is 0 Å². The average molecular weight is 315 g/mol. The Hall–Kier alpha value is -1.64. The fourth-order valence-corrected chi connectivity index (χ4v) is 4.03. The quantitative estimate of drug-likeness (QED) is 0.815. The standard InChI is InChI=1S/C13H17NO6S/c1-20-11-3-2-10(13(16)17)6-12(11)21(18,19)14-5-4-9(7-14)8-15/h2-3,6,9,15H,4-5,7-8H2,1H3,(H,16,17). The van der Waals surface area contributed by atoms with Crippen molar-refractivity contribution in [1.82, 2.24) is 4.31 Å². The maximum Gasteiger partial charge on any atom is 0.335 e. The number of aliphatic hydroxyl groups is 1. The molecular formula is C13H17NO6S. The van der Waals surface area contributed by atoms with Crippen LogP contribution in [-0.2, 0) is 10.0 Å². The van der Waals surface area contributed by atoms with Gasteiger partial charge in [-0.25, -0.2) is 13.2 Å². The number of ether oxygens (including phenoxy) is 1. The lowest BCUT2D eigenvalue weighted by Crippen LogP contribution is -2.29. The second-order valence-electron chi connectivity index (χ2n) is 4.87. The molecule has 1 aliphatic heterocycles. The van der Waals surface area contributed by atoms with Crippen molar-refractivity contribution in [1.29, 1.82) is 0 Å². The Morgan fingerprint density at radius 1 is 1.48 bits per heavy atom. The molecule has 1 aromatic carbocycles. The molecule has 0 radical (unpaired) electrons. The van der Waals surface area contributed by atoms with Gasteiger partial charge in [-0.3, -0.25) is 0 Å². The van der Waals surface area contributed by atoms with E-state index in [-0.39, 0.29) is 35.3 Å². The lowest BCUT2D eigenvalue weighted by Gasteiger charge is -2.18. The van der Waals surface area contributed by atoms with Crippen molar-refractivity contribution < 1.29 is 28.2 Å². The number of carboxylic acids is 1. The van der Waals surface area contributed by atoms with Gasteiger partial charge in [0.2, 0.25) is 10.0 Å². The molecule has 116 valence electrons. The second-order valence-corrected chi connectivity index (χ2v) is 6.78. The van der Waals surface area contributed by atoms with Gasteiger partial charge in [-0.1, -0.05) is 0 Å². The van der Waals surface area contributed by atoms with Crippen molar-refractivity contribution in [2.75, 3.05) is 26.8 Å². The Bertz CT molecular complexity index is 642. The fraction of sp³-hybridized carbons (Fsp3) is 0.462. The van der Waals surface area contributed by atoms with Gasteiger partial charge in [0, 0.05) is 19.7 Å². The highest BCUT2D eigenvalue weighted by Gasteiger charge is 2.34. The van der Waals surface area contributed by atoms with Gasteiger partial charge in [-0.2, -0.15) is 4.31 Å². The summed E-state index contributed by atoms with van der Waals surface area (Å²) in [6.45, 7) is 0.450. The number of carbonyl (C=O) groups is 1. The maximum atomic E-state index is 12.6. The Morgan fingerprint density at radius 3 is 2.71 bits per heavy atom. The van der Waals surface area contributed by atoms with Gasteiger partial charge < -0.3 is 14.9 Å². The highest BCUT2D eigenvalue weighted by atomic mass is 32.2. The van der Waals surface area contributed by atoms with Gasteiger partial charge in [-0.05, 0) is 30.5 Å². The van der Waals surface area contributed by atoms with Crippen LogP contribution in [0.1, 0.15) is 16.8 Å². The van der Waals surface area contributed by atoms with E-state index < -0.39 is 16.0 Å². The summed E-state index contributed by atoms with van der Waals surface area (Å²) in [5, 5.41) is 18.1. The summed E-state index contributed by atoms with van der Waals surface area (Å²) < 4.78 is 31.5. The van der Waals surface area contributed by atoms with E-state index in [9.17, 15) is 13.2 Å². The number of carboxylic acid groups (broad SMARTS) is 1. The minimum atomic E-state index is -3.85. The number of benzene rings is 1. The first-order valence-electron chi connectivity index (χ1n) is 6.42. The molecule has 1 fully saturated rings. The third-order valence-electron chi connectivity index (χ3n) is 3.54. The minimum absolute atomic E-state index is 0.0711. The van der Waals surface area contributed by atoms with E-state index in [1.54, 1.807) is 0 Å². The third-order valence-corrected chi connectivity index (χ3v) is 5.42. The zero-order valence-electron chi connectivity index (χ0n) is 11.5. The molecule has 0 aliphatic carbocycles. The first kappa shape index (κ1) is 15.7. The fourth-order valence-electron chi connectivity index (χ4n) is 2.31. The molecule has 1 unspecified atom stereocenters. The molecule has 0 spiro atoms. The monoisotopic (exact) mass is 315 g/mol. The number of hydrogen-bond donors (Lipinski definition) is 2. The Kier molecular flexibility index (Phi) is 4.50. The lowest BCUT2D eigenvalue weighted by molar-refractivity contribution is 0.0696. The van der Waals surface area contributed by atoms with E-state index in [1.807, 2.05) is 0 Å². The highest BCUT2D eigenvalue weighted by molar-refractivity contribution is 7.89. The number of sulfonamides is 1. The van der Waals surface area contributed by atoms with Crippen molar-refractivity contribution >= 4 is 16.0 Å². The van der Waals surface area contributed by atoms with Crippen LogP contribution < -0.4 is 4.74 Å². The van der Waals surface area contributed by atoms with E-state index in [2.05, 4.69) is 0 Å². The van der Waals surface area contributed by atoms with Crippen LogP contribution in [0, 0.1) is 5.92 Å². The number of hydrogen-bond acceptors (Lipinski definition) is 5. The molecule has 1 aromatic rings. The normalized spacial score (nSPS) is 19.6. The van der Waals surface area contributed by atoms with Crippen LogP contribution >= 0.6 is 0 Å². The molecule has 0 aromatic heterocycles. The lowest BCUT2D eigenvalue weighted by atomic mass is 10.1. The maximum absolute atomic E-state index is 12.6. The number of methoxy groups -OCH3 is 1. The SMILES string of the molecule is COc1ccc(C(=O)O)cc1S(=O)(=O)N1CCC(CO)C1. The Morgan fingerprint density at radius 2 is 2.19 bits per heavy atom. The average Bonchev–Trinajstić information content (AvgIpc) is 2.96. The van der Waals surface area contributed by atoms with Gasteiger partial charge in [-0.15, -0.1) is 0 Å². The van der Waals surface area contributed by atoms with Crippen LogP contribution in [0.2, 0.25) is 0 Å². The number of nitrogens with zero attached hydrogens (tertiary/aromatic N) is 1. The van der Waals surface area contributed by atoms with E-state index in [0.29, 0.717) is 13.0 Å². The first-order valence-corrected chi connectivity index (χ1v) is 7.86. The highest BCUT2D eigenvalue weighted by Crippen LogP contribution is 2.31. The molecule has 1 heterocycles. The van der Waals surface area contributed by atoms with Crippen LogP contribution in [0.25, 0.3) is 0 Å². The summed E-state index contributed by atoms with van der Waals surface area (Å²) in [7, 11) is -2.52. The van der Waals surface area contributed by atoms with Gasteiger partial charge in [0.25, 0.3) is 0 Å². The molecule has 7 nitrogen and oxygen atoms in total. The summed E-state index contributed by atoms with van der Waals surface area (Å²) in [4.78, 5) is 10.9. The molecule has 1 saturated heterocycles. The molecular weight excluding hydrogens is 298 g/mol. The molecule has 0 saturated carbocycles. The minimum Gasteiger partial charge on any atom is -0.495 e. The van der Waals surface area contributed by atoms with Crippen molar-refractivity contribution in [2.45, 2.75) is 11.3 Å². The molecule has 0 bridgehead atoms. The molecule has 0 amide bonds. The largest absolute Gasteiger partial charge is 0.495 e. The van der Waals surface area contributed by atoms with Crippen LogP contribution in [0.15, 0.2) is 23.1 Å². The summed E-state index contributed by atoms with van der Waals surface area (Å²) >= 11 is 0. The third kappa shape index (κ3) is 3.02. The van der Waals surface area contributed by atoms with E-state index in [1.165, 1.54) is 23.5 Å². The van der Waals surface area contributed by atoms with Gasteiger partial charge in [0.05, 0.1) is 12.7 Å². The Labute approximate surface area is 122 Å². The van der Waals surface area contributed by atoms with Gasteiger partial charge >= 0.3 is 5.97 Å².